The van der Waals surface area contributed by atoms with Gasteiger partial charge in [0.2, 0.25) is 5.91 Å². The van der Waals surface area contributed by atoms with Crippen LogP contribution in [0.1, 0.15) is 37.8 Å². The van der Waals surface area contributed by atoms with E-state index in [0.717, 1.165) is 17.0 Å². The maximum absolute atomic E-state index is 14.2. The molecule has 1 aliphatic heterocycles. The van der Waals surface area contributed by atoms with Gasteiger partial charge < -0.3 is 14.5 Å². The molecular formula is C23H27FN2O3. The highest BCUT2D eigenvalue weighted by Crippen LogP contribution is 2.25. The molecule has 0 saturated carbocycles. The van der Waals surface area contributed by atoms with Crippen molar-refractivity contribution in [3.8, 4) is 5.75 Å². The van der Waals surface area contributed by atoms with Gasteiger partial charge in [-0.3, -0.25) is 4.79 Å². The lowest BCUT2D eigenvalue weighted by Crippen LogP contribution is -2.38. The summed E-state index contributed by atoms with van der Waals surface area (Å²) in [7, 11) is 1.62. The van der Waals surface area contributed by atoms with Crippen LogP contribution >= 0.6 is 0 Å². The van der Waals surface area contributed by atoms with Gasteiger partial charge in [0.1, 0.15) is 11.6 Å². The average Bonchev–Trinajstić information content (AvgIpc) is 3.17. The van der Waals surface area contributed by atoms with E-state index in [4.69, 9.17) is 9.57 Å². The van der Waals surface area contributed by atoms with Gasteiger partial charge in [-0.15, -0.1) is 0 Å². The molecule has 0 aromatic heterocycles. The molecule has 2 aromatic rings. The third-order valence-corrected chi connectivity index (χ3v) is 4.83. The maximum atomic E-state index is 14.2. The number of halogens is 1. The molecule has 6 heteroatoms. The van der Waals surface area contributed by atoms with Gasteiger partial charge in [0.15, 0.2) is 6.10 Å². The van der Waals surface area contributed by atoms with Crippen molar-refractivity contribution >= 4 is 11.6 Å². The number of oxime groups is 1. The van der Waals surface area contributed by atoms with Crippen molar-refractivity contribution in [2.45, 2.75) is 39.3 Å². The summed E-state index contributed by atoms with van der Waals surface area (Å²) in [5.74, 6) is 0.621. The van der Waals surface area contributed by atoms with Crippen LogP contribution in [-0.4, -0.2) is 36.3 Å². The Hall–Kier alpha value is -2.89. The number of benzene rings is 2. The number of nitrogens with zero attached hydrogens (tertiary/aromatic N) is 2. The van der Waals surface area contributed by atoms with Crippen LogP contribution < -0.4 is 4.74 Å². The fourth-order valence-electron chi connectivity index (χ4n) is 3.38. The van der Waals surface area contributed by atoms with Crippen LogP contribution in [0, 0.1) is 11.7 Å². The summed E-state index contributed by atoms with van der Waals surface area (Å²) in [5.41, 5.74) is 2.16. The van der Waals surface area contributed by atoms with Crippen LogP contribution in [0.5, 0.6) is 5.75 Å². The highest BCUT2D eigenvalue weighted by molar-refractivity contribution is 6.03. The largest absolute Gasteiger partial charge is 0.496 e. The van der Waals surface area contributed by atoms with Crippen molar-refractivity contribution in [1.82, 2.24) is 4.90 Å². The first-order chi connectivity index (χ1) is 14.0. The summed E-state index contributed by atoms with van der Waals surface area (Å²) in [6.07, 6.45) is 0.683. The Morgan fingerprint density at radius 1 is 1.24 bits per heavy atom. The normalized spacial score (nSPS) is 15.8. The molecule has 29 heavy (non-hydrogen) atoms. The molecule has 5 nitrogen and oxygen atoms in total. The van der Waals surface area contributed by atoms with Crippen LogP contribution in [-0.2, 0) is 16.2 Å². The standard InChI is InChI=1S/C23H27FN2O3/c1-16(2)12-23(27)26(14-17-8-4-6-10-20(17)24)15-18-13-21(25-29-18)19-9-5-7-11-22(19)28-3/h4-11,16,18H,12-15H2,1-3H3. The molecule has 1 amide bonds. The number of hydrogen-bond donors (Lipinski definition) is 0. The van der Waals surface area contributed by atoms with Crippen LogP contribution in [0.2, 0.25) is 0 Å². The van der Waals surface area contributed by atoms with E-state index in [0.29, 0.717) is 24.9 Å². The minimum absolute atomic E-state index is 0.0161. The van der Waals surface area contributed by atoms with E-state index >= 15 is 0 Å². The molecule has 0 saturated heterocycles. The van der Waals surface area contributed by atoms with Gasteiger partial charge in [-0.25, -0.2) is 4.39 Å². The summed E-state index contributed by atoms with van der Waals surface area (Å²) in [5, 5.41) is 4.22. The minimum Gasteiger partial charge on any atom is -0.496 e. The van der Waals surface area contributed by atoms with Crippen LogP contribution in [0.3, 0.4) is 0 Å². The predicted molar refractivity (Wildman–Crippen MR) is 110 cm³/mol. The van der Waals surface area contributed by atoms with Crippen molar-refractivity contribution in [2.24, 2.45) is 11.1 Å². The Labute approximate surface area is 171 Å². The SMILES string of the molecule is COc1ccccc1C1=NOC(CN(Cc2ccccc2F)C(=O)CC(C)C)C1. The number of carbonyl (C=O) groups is 1. The molecule has 1 atom stereocenters. The summed E-state index contributed by atoms with van der Waals surface area (Å²) in [6, 6.07) is 14.2. The highest BCUT2D eigenvalue weighted by Gasteiger charge is 2.28. The summed E-state index contributed by atoms with van der Waals surface area (Å²) < 4.78 is 19.6. The number of rotatable bonds is 8. The molecule has 0 fully saturated rings. The quantitative estimate of drug-likeness (QED) is 0.662. The minimum atomic E-state index is -0.312. The monoisotopic (exact) mass is 398 g/mol. The first kappa shape index (κ1) is 20.8. The van der Waals surface area contributed by atoms with Crippen LogP contribution in [0.25, 0.3) is 0 Å². The number of para-hydroxylation sites is 1. The third kappa shape index (κ3) is 5.34. The fraction of sp³-hybridized carbons (Fsp3) is 0.391. The van der Waals surface area contributed by atoms with Gasteiger partial charge >= 0.3 is 0 Å². The Kier molecular flexibility index (Phi) is 6.86. The number of ether oxygens (including phenoxy) is 1. The van der Waals surface area contributed by atoms with Gasteiger partial charge in [-0.05, 0) is 24.1 Å². The Morgan fingerprint density at radius 2 is 1.97 bits per heavy atom. The molecule has 0 bridgehead atoms. The maximum Gasteiger partial charge on any atom is 0.223 e. The molecule has 2 aromatic carbocycles. The van der Waals surface area contributed by atoms with Crippen LogP contribution in [0.4, 0.5) is 4.39 Å². The second kappa shape index (κ2) is 9.54. The van der Waals surface area contributed by atoms with E-state index in [1.165, 1.54) is 6.07 Å². The smallest absolute Gasteiger partial charge is 0.223 e. The van der Waals surface area contributed by atoms with Gasteiger partial charge in [0.25, 0.3) is 0 Å². The second-order valence-electron chi connectivity index (χ2n) is 7.63. The van der Waals surface area contributed by atoms with E-state index in [2.05, 4.69) is 5.16 Å². The van der Waals surface area contributed by atoms with Crippen molar-refractivity contribution in [3.05, 3.63) is 65.5 Å². The molecule has 1 heterocycles. The number of hydrogen-bond acceptors (Lipinski definition) is 4. The molecular weight excluding hydrogens is 371 g/mol. The number of amides is 1. The molecule has 1 aliphatic rings. The first-order valence-corrected chi connectivity index (χ1v) is 9.85. The summed E-state index contributed by atoms with van der Waals surface area (Å²) >= 11 is 0. The molecule has 154 valence electrons. The Balaban J connectivity index is 1.71. The summed E-state index contributed by atoms with van der Waals surface area (Å²) in [4.78, 5) is 20.1. The van der Waals surface area contributed by atoms with E-state index in [1.807, 2.05) is 38.1 Å². The fourth-order valence-corrected chi connectivity index (χ4v) is 3.38. The topological polar surface area (TPSA) is 51.1 Å². The molecule has 0 spiro atoms. The van der Waals surface area contributed by atoms with E-state index in [9.17, 15) is 9.18 Å². The van der Waals surface area contributed by atoms with Crippen LogP contribution in [0.15, 0.2) is 53.7 Å². The zero-order valence-corrected chi connectivity index (χ0v) is 17.1. The second-order valence-corrected chi connectivity index (χ2v) is 7.63. The average molecular weight is 398 g/mol. The van der Waals surface area contributed by atoms with Gasteiger partial charge in [0, 0.05) is 30.5 Å². The van der Waals surface area contributed by atoms with Gasteiger partial charge in [-0.2, -0.15) is 0 Å². The molecule has 0 aliphatic carbocycles. The summed E-state index contributed by atoms with van der Waals surface area (Å²) in [6.45, 7) is 4.55. The van der Waals surface area contributed by atoms with E-state index in [-0.39, 0.29) is 30.3 Å². The number of methoxy groups -OCH3 is 1. The third-order valence-electron chi connectivity index (χ3n) is 4.83. The van der Waals surface area contributed by atoms with E-state index in [1.54, 1.807) is 30.2 Å². The van der Waals surface area contributed by atoms with Crippen molar-refractivity contribution < 1.29 is 18.8 Å². The van der Waals surface area contributed by atoms with Gasteiger partial charge in [0.05, 0.1) is 19.4 Å². The zero-order chi connectivity index (χ0) is 20.8. The lowest BCUT2D eigenvalue weighted by Gasteiger charge is -2.26. The lowest BCUT2D eigenvalue weighted by atomic mass is 10.0. The lowest BCUT2D eigenvalue weighted by molar-refractivity contribution is -0.134. The van der Waals surface area contributed by atoms with Gasteiger partial charge in [-0.1, -0.05) is 49.3 Å². The molecule has 0 radical (unpaired) electrons. The highest BCUT2D eigenvalue weighted by atomic mass is 19.1. The first-order valence-electron chi connectivity index (χ1n) is 9.85. The Morgan fingerprint density at radius 3 is 2.69 bits per heavy atom. The predicted octanol–water partition coefficient (Wildman–Crippen LogP) is 4.40. The van der Waals surface area contributed by atoms with Crippen molar-refractivity contribution in [1.29, 1.82) is 0 Å². The molecule has 1 unspecified atom stereocenters. The zero-order valence-electron chi connectivity index (χ0n) is 17.1. The van der Waals surface area contributed by atoms with Crippen molar-refractivity contribution in [3.63, 3.8) is 0 Å². The van der Waals surface area contributed by atoms with E-state index < -0.39 is 0 Å². The Bertz CT molecular complexity index is 882. The molecule has 0 N–H and O–H groups in total. The number of carbonyl (C=O) groups excluding carboxylic acids is 1. The molecule has 3 rings (SSSR count). The van der Waals surface area contributed by atoms with Crippen molar-refractivity contribution in [2.75, 3.05) is 13.7 Å².